The van der Waals surface area contributed by atoms with Gasteiger partial charge in [-0.2, -0.15) is 11.8 Å². The summed E-state index contributed by atoms with van der Waals surface area (Å²) in [6.45, 7) is 0. The van der Waals surface area contributed by atoms with E-state index < -0.39 is 17.5 Å². The number of anilines is 2. The van der Waals surface area contributed by atoms with Crippen LogP contribution in [-0.2, 0) is 12.2 Å². The van der Waals surface area contributed by atoms with E-state index in [0.717, 1.165) is 29.6 Å². The number of thioether (sulfide) groups is 1. The first-order chi connectivity index (χ1) is 10.1. The summed E-state index contributed by atoms with van der Waals surface area (Å²) < 4.78 is 26.9. The molecule has 0 spiro atoms. The van der Waals surface area contributed by atoms with Gasteiger partial charge in [-0.25, -0.2) is 8.78 Å². The van der Waals surface area contributed by atoms with Gasteiger partial charge in [0.25, 0.3) is 5.91 Å². The summed E-state index contributed by atoms with van der Waals surface area (Å²) in [6, 6.07) is 3.97. The minimum Gasteiger partial charge on any atom is -0.397 e. The Kier molecular flexibility index (Phi) is 3.86. The van der Waals surface area contributed by atoms with E-state index in [4.69, 9.17) is 5.73 Å². The van der Waals surface area contributed by atoms with Crippen LogP contribution in [0, 0.1) is 11.6 Å². The molecule has 1 aliphatic heterocycles. The second kappa shape index (κ2) is 5.65. The number of benzene rings is 1. The maximum absolute atomic E-state index is 13.7. The Morgan fingerprint density at radius 3 is 2.90 bits per heavy atom. The first-order valence-electron chi connectivity index (χ1n) is 6.30. The van der Waals surface area contributed by atoms with Crippen LogP contribution in [0.4, 0.5) is 20.2 Å². The number of hydrogen-bond acceptors (Lipinski definition) is 4. The van der Waals surface area contributed by atoms with Gasteiger partial charge in [-0.05, 0) is 35.9 Å². The number of nitrogen functional groups attached to an aromatic ring is 1. The van der Waals surface area contributed by atoms with Crippen LogP contribution in [0.3, 0.4) is 0 Å². The Morgan fingerprint density at radius 1 is 1.33 bits per heavy atom. The van der Waals surface area contributed by atoms with E-state index in [2.05, 4.69) is 5.32 Å². The van der Waals surface area contributed by atoms with Crippen molar-refractivity contribution in [3.63, 3.8) is 0 Å². The predicted octanol–water partition coefficient (Wildman–Crippen LogP) is 3.65. The molecule has 21 heavy (non-hydrogen) atoms. The molecule has 3 nitrogen and oxygen atoms in total. The highest BCUT2D eigenvalue weighted by Crippen LogP contribution is 2.32. The minimum atomic E-state index is -1.14. The molecule has 1 aliphatic rings. The molecule has 110 valence electrons. The summed E-state index contributed by atoms with van der Waals surface area (Å²) in [6.07, 6.45) is 0.939. The largest absolute Gasteiger partial charge is 0.397 e. The maximum Gasteiger partial charge on any atom is 0.265 e. The lowest BCUT2D eigenvalue weighted by atomic mass is 10.2. The monoisotopic (exact) mass is 326 g/mol. The normalized spacial score (nSPS) is 13.8. The quantitative estimate of drug-likeness (QED) is 0.828. The van der Waals surface area contributed by atoms with Crippen molar-refractivity contribution in [1.82, 2.24) is 0 Å². The van der Waals surface area contributed by atoms with Gasteiger partial charge in [-0.15, -0.1) is 11.3 Å². The molecule has 1 aromatic heterocycles. The zero-order chi connectivity index (χ0) is 15.0. The first-order valence-corrected chi connectivity index (χ1v) is 8.27. The number of aryl methyl sites for hydroxylation is 1. The third kappa shape index (κ3) is 2.75. The van der Waals surface area contributed by atoms with Gasteiger partial charge in [0.05, 0.1) is 10.6 Å². The fourth-order valence-electron chi connectivity index (χ4n) is 2.13. The van der Waals surface area contributed by atoms with Gasteiger partial charge in [0.1, 0.15) is 5.69 Å². The minimum absolute atomic E-state index is 0.000810. The molecule has 2 heterocycles. The lowest BCUT2D eigenvalue weighted by molar-refractivity contribution is 0.103. The highest BCUT2D eigenvalue weighted by atomic mass is 32.2. The van der Waals surface area contributed by atoms with Gasteiger partial charge < -0.3 is 11.1 Å². The molecule has 0 unspecified atom stereocenters. The number of amides is 1. The summed E-state index contributed by atoms with van der Waals surface area (Å²) >= 11 is 3.22. The fourth-order valence-corrected chi connectivity index (χ4v) is 4.39. The number of carbonyl (C=O) groups excluding carboxylic acids is 1. The Morgan fingerprint density at radius 2 is 2.14 bits per heavy atom. The number of nitrogens with two attached hydrogens (primary N) is 1. The molecule has 0 aliphatic carbocycles. The molecule has 0 atom stereocenters. The Labute approximate surface area is 128 Å². The van der Waals surface area contributed by atoms with Crippen molar-refractivity contribution in [1.29, 1.82) is 0 Å². The average Bonchev–Trinajstić information content (AvgIpc) is 2.91. The average molecular weight is 326 g/mol. The van der Waals surface area contributed by atoms with Gasteiger partial charge in [0.15, 0.2) is 11.6 Å². The molecule has 0 bridgehead atoms. The molecule has 0 saturated carbocycles. The van der Waals surface area contributed by atoms with Gasteiger partial charge in [0.2, 0.25) is 0 Å². The van der Waals surface area contributed by atoms with Crippen LogP contribution < -0.4 is 11.1 Å². The van der Waals surface area contributed by atoms with Crippen molar-refractivity contribution in [2.45, 2.75) is 12.2 Å². The van der Waals surface area contributed by atoms with Crippen molar-refractivity contribution in [3.05, 3.63) is 45.2 Å². The molecule has 0 fully saturated rings. The summed E-state index contributed by atoms with van der Waals surface area (Å²) in [7, 11) is 0. The molecule has 0 saturated heterocycles. The number of fused-ring (bicyclic) bond motifs is 1. The Balaban J connectivity index is 1.87. The molecule has 1 aromatic carbocycles. The van der Waals surface area contributed by atoms with Crippen molar-refractivity contribution in [3.8, 4) is 0 Å². The smallest absolute Gasteiger partial charge is 0.265 e. The second-order valence-corrected chi connectivity index (χ2v) is 6.88. The molecule has 3 rings (SSSR count). The standard InChI is InChI=1S/C14H12F2N2OS2/c15-8-1-2-9(17)13(12(8)16)18-14(19)11-5-7-6-20-4-3-10(7)21-11/h1-2,5H,3-4,6,17H2,(H,18,19). The van der Waals surface area contributed by atoms with E-state index in [9.17, 15) is 13.6 Å². The Bertz CT molecular complexity index is 692. The molecule has 3 N–H and O–H groups in total. The van der Waals surface area contributed by atoms with Crippen LogP contribution >= 0.6 is 23.1 Å². The van der Waals surface area contributed by atoms with Crippen LogP contribution in [0.2, 0.25) is 0 Å². The molecule has 7 heteroatoms. The number of rotatable bonds is 2. The Hall–Kier alpha value is -1.60. The summed E-state index contributed by atoms with van der Waals surface area (Å²) in [5.41, 5.74) is 6.43. The van der Waals surface area contributed by atoms with Crippen molar-refractivity contribution >= 4 is 40.4 Å². The summed E-state index contributed by atoms with van der Waals surface area (Å²) in [4.78, 5) is 13.9. The van der Waals surface area contributed by atoms with Gasteiger partial charge in [0, 0.05) is 10.6 Å². The second-order valence-electron chi connectivity index (χ2n) is 4.64. The third-order valence-electron chi connectivity index (χ3n) is 3.22. The van der Waals surface area contributed by atoms with Crippen molar-refractivity contribution < 1.29 is 13.6 Å². The van der Waals surface area contributed by atoms with Crippen LogP contribution in [0.1, 0.15) is 20.1 Å². The number of halogens is 2. The molecule has 2 aromatic rings. The third-order valence-corrected chi connectivity index (χ3v) is 5.46. The number of nitrogens with one attached hydrogen (secondary N) is 1. The number of hydrogen-bond donors (Lipinski definition) is 2. The van der Waals surface area contributed by atoms with E-state index in [1.165, 1.54) is 22.3 Å². The van der Waals surface area contributed by atoms with Crippen LogP contribution in [0.5, 0.6) is 0 Å². The maximum atomic E-state index is 13.7. The highest BCUT2D eigenvalue weighted by Gasteiger charge is 2.20. The zero-order valence-electron chi connectivity index (χ0n) is 10.9. The van der Waals surface area contributed by atoms with Crippen LogP contribution in [0.15, 0.2) is 18.2 Å². The highest BCUT2D eigenvalue weighted by molar-refractivity contribution is 7.98. The van der Waals surface area contributed by atoms with Crippen molar-refractivity contribution in [2.24, 2.45) is 0 Å². The van der Waals surface area contributed by atoms with Crippen LogP contribution in [0.25, 0.3) is 0 Å². The predicted molar refractivity (Wildman–Crippen MR) is 82.9 cm³/mol. The molecular formula is C14H12F2N2OS2. The summed E-state index contributed by atoms with van der Waals surface area (Å²) in [5.74, 6) is -0.715. The van der Waals surface area contributed by atoms with Gasteiger partial charge in [-0.1, -0.05) is 0 Å². The van der Waals surface area contributed by atoms with E-state index in [-0.39, 0.29) is 11.4 Å². The summed E-state index contributed by atoms with van der Waals surface area (Å²) in [5, 5.41) is 2.37. The lowest BCUT2D eigenvalue weighted by Crippen LogP contribution is -2.14. The molecule has 0 radical (unpaired) electrons. The van der Waals surface area contributed by atoms with E-state index in [1.54, 1.807) is 0 Å². The van der Waals surface area contributed by atoms with Gasteiger partial charge in [-0.3, -0.25) is 4.79 Å². The number of thiophene rings is 1. The van der Waals surface area contributed by atoms with E-state index >= 15 is 0 Å². The number of carbonyl (C=O) groups is 1. The van der Waals surface area contributed by atoms with Gasteiger partial charge >= 0.3 is 0 Å². The fraction of sp³-hybridized carbons (Fsp3) is 0.214. The van der Waals surface area contributed by atoms with E-state index in [1.807, 2.05) is 17.8 Å². The molecular weight excluding hydrogens is 314 g/mol. The van der Waals surface area contributed by atoms with Crippen LogP contribution in [-0.4, -0.2) is 11.7 Å². The topological polar surface area (TPSA) is 55.1 Å². The lowest BCUT2D eigenvalue weighted by Gasteiger charge is -2.08. The zero-order valence-corrected chi connectivity index (χ0v) is 12.5. The SMILES string of the molecule is Nc1ccc(F)c(F)c1NC(=O)c1cc2c(s1)CCSC2. The van der Waals surface area contributed by atoms with Crippen molar-refractivity contribution in [2.75, 3.05) is 16.8 Å². The van der Waals surface area contributed by atoms with E-state index in [0.29, 0.717) is 4.88 Å². The first kappa shape index (κ1) is 14.3. The molecule has 1 amide bonds.